The highest BCUT2D eigenvalue weighted by molar-refractivity contribution is 7.99. The van der Waals surface area contributed by atoms with E-state index in [1.165, 1.54) is 50.3 Å². The minimum absolute atomic E-state index is 0.166. The number of primary amides is 1. The Kier molecular flexibility index (Phi) is 6.03. The highest BCUT2D eigenvalue weighted by Gasteiger charge is 2.51. The summed E-state index contributed by atoms with van der Waals surface area (Å²) in [5.41, 5.74) is 6.50. The average molecular weight is 466 g/mol. The number of carbonyl (C=O) groups excluding carboxylic acids is 2. The number of nitrogens with zero attached hydrogens (tertiary/aromatic N) is 3. The molecule has 4 fully saturated rings. The molecule has 1 aromatic heterocycles. The second kappa shape index (κ2) is 8.97. The molecule has 33 heavy (non-hydrogen) atoms. The Morgan fingerprint density at radius 2 is 1.82 bits per heavy atom. The zero-order valence-electron chi connectivity index (χ0n) is 18.8. The van der Waals surface area contributed by atoms with Gasteiger partial charge in [-0.2, -0.15) is 0 Å². The number of allylic oxidation sites excluding steroid dienone is 1. The Bertz CT molecular complexity index is 1040. The minimum Gasteiger partial charge on any atom is -0.366 e. The SMILES string of the molecule is C=CCn1c(CC23CC4CC(CC(C4)C2)C3)nnc1SCC(=O)Nc1ccccc1C(N)=O. The summed E-state index contributed by atoms with van der Waals surface area (Å²) in [7, 11) is 0. The summed E-state index contributed by atoms with van der Waals surface area (Å²) in [6, 6.07) is 6.75. The maximum absolute atomic E-state index is 12.6. The number of aromatic nitrogens is 3. The summed E-state index contributed by atoms with van der Waals surface area (Å²) < 4.78 is 2.11. The summed E-state index contributed by atoms with van der Waals surface area (Å²) in [5, 5.41) is 12.5. The van der Waals surface area contributed by atoms with Crippen molar-refractivity contribution in [3.8, 4) is 0 Å². The van der Waals surface area contributed by atoms with Crippen molar-refractivity contribution in [2.24, 2.45) is 28.9 Å². The Labute approximate surface area is 198 Å². The van der Waals surface area contributed by atoms with Gasteiger partial charge in [-0.15, -0.1) is 16.8 Å². The highest BCUT2D eigenvalue weighted by Crippen LogP contribution is 2.61. The molecule has 2 aromatic rings. The van der Waals surface area contributed by atoms with Gasteiger partial charge in [0.15, 0.2) is 5.16 Å². The number of hydrogen-bond acceptors (Lipinski definition) is 5. The first-order valence-electron chi connectivity index (χ1n) is 11.8. The molecule has 4 aliphatic carbocycles. The molecule has 6 rings (SSSR count). The molecule has 0 unspecified atom stereocenters. The fourth-order valence-corrected chi connectivity index (χ4v) is 7.60. The molecule has 0 atom stereocenters. The van der Waals surface area contributed by atoms with E-state index >= 15 is 0 Å². The van der Waals surface area contributed by atoms with Crippen LogP contribution in [-0.2, 0) is 17.8 Å². The molecule has 4 saturated carbocycles. The number of rotatable bonds is 9. The number of carbonyl (C=O) groups is 2. The lowest BCUT2D eigenvalue weighted by Crippen LogP contribution is -2.47. The minimum atomic E-state index is -0.571. The molecular formula is C25H31N5O2S. The zero-order chi connectivity index (χ0) is 23.0. The molecule has 0 radical (unpaired) electrons. The summed E-state index contributed by atoms with van der Waals surface area (Å²) in [5.74, 6) is 3.08. The molecule has 0 spiro atoms. The van der Waals surface area contributed by atoms with E-state index < -0.39 is 5.91 Å². The standard InChI is InChI=1S/C25H31N5O2S/c1-2-7-30-21(14-25-11-16-8-17(12-25)10-18(9-16)13-25)28-29-24(30)33-15-22(31)27-20-6-4-3-5-19(20)23(26)32/h2-6,16-18H,1,7-15H2,(H2,26,32)(H,27,31). The quantitative estimate of drug-likeness (QED) is 0.430. The van der Waals surface area contributed by atoms with E-state index in [1.54, 1.807) is 24.3 Å². The van der Waals surface area contributed by atoms with Crippen molar-refractivity contribution in [3.63, 3.8) is 0 Å². The highest BCUT2D eigenvalue weighted by atomic mass is 32.2. The molecule has 8 heteroatoms. The lowest BCUT2D eigenvalue weighted by atomic mass is 9.49. The molecule has 2 amide bonds. The van der Waals surface area contributed by atoms with Crippen LogP contribution >= 0.6 is 11.8 Å². The maximum Gasteiger partial charge on any atom is 0.250 e. The number of nitrogens with two attached hydrogens (primary N) is 1. The first-order valence-corrected chi connectivity index (χ1v) is 12.8. The molecule has 0 saturated heterocycles. The van der Waals surface area contributed by atoms with Crippen molar-refractivity contribution >= 4 is 29.3 Å². The zero-order valence-corrected chi connectivity index (χ0v) is 19.7. The first-order chi connectivity index (χ1) is 15.9. The van der Waals surface area contributed by atoms with E-state index in [2.05, 4.69) is 26.7 Å². The Hall–Kier alpha value is -2.61. The van der Waals surface area contributed by atoms with E-state index in [0.29, 0.717) is 23.2 Å². The van der Waals surface area contributed by atoms with Gasteiger partial charge in [-0.05, 0) is 73.8 Å². The second-order valence-electron chi connectivity index (χ2n) is 10.1. The molecule has 1 heterocycles. The molecule has 174 valence electrons. The maximum atomic E-state index is 12.6. The Morgan fingerprint density at radius 1 is 1.15 bits per heavy atom. The lowest BCUT2D eigenvalue weighted by Gasteiger charge is -2.56. The van der Waals surface area contributed by atoms with Crippen LogP contribution < -0.4 is 11.1 Å². The van der Waals surface area contributed by atoms with Gasteiger partial charge in [-0.25, -0.2) is 0 Å². The monoisotopic (exact) mass is 465 g/mol. The van der Waals surface area contributed by atoms with Gasteiger partial charge in [0.1, 0.15) is 5.82 Å². The van der Waals surface area contributed by atoms with Crippen LogP contribution in [0.4, 0.5) is 5.69 Å². The van der Waals surface area contributed by atoms with Crippen molar-refractivity contribution in [2.45, 2.75) is 56.6 Å². The van der Waals surface area contributed by atoms with Gasteiger partial charge in [0.2, 0.25) is 5.91 Å². The normalized spacial score (nSPS) is 27.5. The molecule has 7 nitrogen and oxygen atoms in total. The number of benzene rings is 1. The fourth-order valence-electron chi connectivity index (χ4n) is 6.83. The summed E-state index contributed by atoms with van der Waals surface area (Å²) in [4.78, 5) is 24.2. The molecule has 4 bridgehead atoms. The van der Waals surface area contributed by atoms with Gasteiger partial charge in [0.25, 0.3) is 5.91 Å². The van der Waals surface area contributed by atoms with Crippen molar-refractivity contribution in [3.05, 3.63) is 48.3 Å². The van der Waals surface area contributed by atoms with E-state index in [-0.39, 0.29) is 11.7 Å². The largest absolute Gasteiger partial charge is 0.366 e. The molecule has 0 aliphatic heterocycles. The molecule has 3 N–H and O–H groups in total. The van der Waals surface area contributed by atoms with Gasteiger partial charge in [-0.1, -0.05) is 30.0 Å². The summed E-state index contributed by atoms with van der Waals surface area (Å²) in [6.07, 6.45) is 11.1. The molecule has 1 aromatic carbocycles. The van der Waals surface area contributed by atoms with E-state index in [9.17, 15) is 9.59 Å². The predicted octanol–water partition coefficient (Wildman–Crippen LogP) is 4.05. The first kappa shape index (κ1) is 22.2. The molecule has 4 aliphatic rings. The van der Waals surface area contributed by atoms with Gasteiger partial charge in [0.05, 0.1) is 17.0 Å². The van der Waals surface area contributed by atoms with Crippen LogP contribution in [0.5, 0.6) is 0 Å². The van der Waals surface area contributed by atoms with Gasteiger partial charge < -0.3 is 15.6 Å². The number of nitrogens with one attached hydrogen (secondary N) is 1. The number of anilines is 1. The lowest BCUT2D eigenvalue weighted by molar-refractivity contribution is -0.113. The number of thioether (sulfide) groups is 1. The van der Waals surface area contributed by atoms with Crippen LogP contribution in [0.1, 0.15) is 54.7 Å². The van der Waals surface area contributed by atoms with Gasteiger partial charge in [-0.3, -0.25) is 9.59 Å². The predicted molar refractivity (Wildman–Crippen MR) is 129 cm³/mol. The van der Waals surface area contributed by atoms with Crippen LogP contribution in [0.25, 0.3) is 0 Å². The van der Waals surface area contributed by atoms with E-state index in [1.807, 2.05) is 6.08 Å². The van der Waals surface area contributed by atoms with Crippen molar-refractivity contribution in [1.82, 2.24) is 14.8 Å². The number of para-hydroxylation sites is 1. The van der Waals surface area contributed by atoms with Crippen molar-refractivity contribution < 1.29 is 9.59 Å². The van der Waals surface area contributed by atoms with Crippen molar-refractivity contribution in [1.29, 1.82) is 0 Å². The summed E-state index contributed by atoms with van der Waals surface area (Å²) >= 11 is 1.36. The third-order valence-electron chi connectivity index (χ3n) is 7.60. The topological polar surface area (TPSA) is 103 Å². The van der Waals surface area contributed by atoms with Crippen LogP contribution in [0, 0.1) is 23.2 Å². The Morgan fingerprint density at radius 3 is 2.45 bits per heavy atom. The van der Waals surface area contributed by atoms with E-state index in [4.69, 9.17) is 5.73 Å². The number of amides is 2. The van der Waals surface area contributed by atoms with Crippen LogP contribution in [-0.4, -0.2) is 32.3 Å². The smallest absolute Gasteiger partial charge is 0.250 e. The van der Waals surface area contributed by atoms with Gasteiger partial charge in [0, 0.05) is 13.0 Å². The second-order valence-corrected chi connectivity index (χ2v) is 11.1. The van der Waals surface area contributed by atoms with E-state index in [0.717, 1.165) is 35.2 Å². The average Bonchev–Trinajstić information content (AvgIpc) is 3.12. The van der Waals surface area contributed by atoms with Gasteiger partial charge >= 0.3 is 0 Å². The Balaban J connectivity index is 1.27. The van der Waals surface area contributed by atoms with Crippen LogP contribution in [0.2, 0.25) is 0 Å². The van der Waals surface area contributed by atoms with Crippen molar-refractivity contribution in [2.75, 3.05) is 11.1 Å². The van der Waals surface area contributed by atoms with Crippen LogP contribution in [0.3, 0.4) is 0 Å². The fraction of sp³-hybridized carbons (Fsp3) is 0.520. The third-order valence-corrected chi connectivity index (χ3v) is 8.57. The summed E-state index contributed by atoms with van der Waals surface area (Å²) in [6.45, 7) is 4.54. The molecular weight excluding hydrogens is 434 g/mol. The third kappa shape index (κ3) is 4.58. The number of hydrogen-bond donors (Lipinski definition) is 2. The van der Waals surface area contributed by atoms with Crippen LogP contribution in [0.15, 0.2) is 42.1 Å².